The summed E-state index contributed by atoms with van der Waals surface area (Å²) in [6.45, 7) is 0. The van der Waals surface area contributed by atoms with E-state index in [-0.39, 0.29) is 0 Å². The summed E-state index contributed by atoms with van der Waals surface area (Å²) in [6.07, 6.45) is 3.46. The fourth-order valence-corrected chi connectivity index (χ4v) is 1.47. The highest BCUT2D eigenvalue weighted by Crippen LogP contribution is 2.19. The van der Waals surface area contributed by atoms with Crippen LogP contribution in [0, 0.1) is 0 Å². The number of oxime groups is 1. The third kappa shape index (κ3) is 2.25. The Hall–Kier alpha value is -2.16. The number of rotatable bonds is 3. The molecule has 0 aliphatic heterocycles. The van der Waals surface area contributed by atoms with Gasteiger partial charge in [0.1, 0.15) is 7.11 Å². The van der Waals surface area contributed by atoms with Crippen LogP contribution in [0.15, 0.2) is 53.8 Å². The topological polar surface area (TPSA) is 34.5 Å². The minimum Gasteiger partial charge on any atom is -0.399 e. The van der Waals surface area contributed by atoms with E-state index in [4.69, 9.17) is 0 Å². The van der Waals surface area contributed by atoms with Gasteiger partial charge in [-0.2, -0.15) is 0 Å². The predicted octanol–water partition coefficient (Wildman–Crippen LogP) is 2.73. The molecule has 0 aliphatic carbocycles. The van der Waals surface area contributed by atoms with Crippen molar-refractivity contribution in [3.8, 4) is 11.3 Å². The zero-order chi connectivity index (χ0) is 11.2. The highest BCUT2D eigenvalue weighted by Gasteiger charge is 2.02. The third-order valence-corrected chi connectivity index (χ3v) is 2.20. The molecule has 0 atom stereocenters. The van der Waals surface area contributed by atoms with Gasteiger partial charge in [-0.3, -0.25) is 4.98 Å². The van der Waals surface area contributed by atoms with Crippen LogP contribution in [0.5, 0.6) is 0 Å². The molecule has 0 radical (unpaired) electrons. The van der Waals surface area contributed by atoms with Crippen LogP contribution >= 0.6 is 0 Å². The van der Waals surface area contributed by atoms with Gasteiger partial charge in [-0.25, -0.2) is 0 Å². The Labute approximate surface area is 94.4 Å². The van der Waals surface area contributed by atoms with Crippen molar-refractivity contribution in [1.82, 2.24) is 4.98 Å². The number of nitrogens with zero attached hydrogens (tertiary/aromatic N) is 2. The van der Waals surface area contributed by atoms with Crippen LogP contribution in [0.1, 0.15) is 5.56 Å². The molecule has 0 bridgehead atoms. The van der Waals surface area contributed by atoms with E-state index in [0.29, 0.717) is 0 Å². The maximum Gasteiger partial charge on any atom is 0.106 e. The average molecular weight is 212 g/mol. The molecule has 2 rings (SSSR count). The lowest BCUT2D eigenvalue weighted by molar-refractivity contribution is 0.215. The molecular weight excluding hydrogens is 200 g/mol. The van der Waals surface area contributed by atoms with Crippen LogP contribution in [-0.2, 0) is 4.84 Å². The molecule has 3 heteroatoms. The number of benzene rings is 1. The third-order valence-electron chi connectivity index (χ3n) is 2.20. The van der Waals surface area contributed by atoms with E-state index < -0.39 is 0 Å². The van der Waals surface area contributed by atoms with Gasteiger partial charge < -0.3 is 4.84 Å². The highest BCUT2D eigenvalue weighted by atomic mass is 16.6. The molecule has 0 aliphatic rings. The summed E-state index contributed by atoms with van der Waals surface area (Å²) in [5.74, 6) is 0. The Morgan fingerprint density at radius 1 is 1.12 bits per heavy atom. The van der Waals surface area contributed by atoms with Gasteiger partial charge in [0.05, 0.1) is 11.9 Å². The second-order valence-electron chi connectivity index (χ2n) is 3.22. The van der Waals surface area contributed by atoms with Crippen LogP contribution in [0.2, 0.25) is 0 Å². The molecule has 0 spiro atoms. The normalized spacial score (nSPS) is 10.6. The first-order valence-corrected chi connectivity index (χ1v) is 4.99. The van der Waals surface area contributed by atoms with E-state index in [0.717, 1.165) is 16.8 Å². The van der Waals surface area contributed by atoms with E-state index in [1.807, 2.05) is 42.5 Å². The lowest BCUT2D eigenvalue weighted by Crippen LogP contribution is -1.90. The largest absolute Gasteiger partial charge is 0.399 e. The summed E-state index contributed by atoms with van der Waals surface area (Å²) in [5.41, 5.74) is 2.97. The Morgan fingerprint density at radius 2 is 1.94 bits per heavy atom. The number of pyridine rings is 1. The smallest absolute Gasteiger partial charge is 0.106 e. The zero-order valence-electron chi connectivity index (χ0n) is 9.00. The Kier molecular flexibility index (Phi) is 3.28. The van der Waals surface area contributed by atoms with Gasteiger partial charge in [0.15, 0.2) is 0 Å². The first-order chi connectivity index (χ1) is 7.92. The number of aromatic nitrogens is 1. The molecule has 0 saturated carbocycles. The molecule has 3 nitrogen and oxygen atoms in total. The zero-order valence-corrected chi connectivity index (χ0v) is 9.00. The molecule has 2 aromatic rings. The van der Waals surface area contributed by atoms with Crippen molar-refractivity contribution in [3.63, 3.8) is 0 Å². The van der Waals surface area contributed by atoms with Crippen molar-refractivity contribution in [2.45, 2.75) is 0 Å². The second-order valence-corrected chi connectivity index (χ2v) is 3.22. The van der Waals surface area contributed by atoms with Crippen LogP contribution in [-0.4, -0.2) is 18.3 Å². The summed E-state index contributed by atoms with van der Waals surface area (Å²) in [5, 5.41) is 3.78. The van der Waals surface area contributed by atoms with Crippen LogP contribution in [0.3, 0.4) is 0 Å². The van der Waals surface area contributed by atoms with Crippen molar-refractivity contribution >= 4 is 6.21 Å². The summed E-state index contributed by atoms with van der Waals surface area (Å²) >= 11 is 0. The fourth-order valence-electron chi connectivity index (χ4n) is 1.47. The maximum absolute atomic E-state index is 4.69. The molecule has 0 saturated heterocycles. The molecule has 1 aromatic carbocycles. The van der Waals surface area contributed by atoms with Gasteiger partial charge in [0.2, 0.25) is 0 Å². The lowest BCUT2D eigenvalue weighted by atomic mass is 10.1. The second kappa shape index (κ2) is 5.07. The van der Waals surface area contributed by atoms with Gasteiger partial charge >= 0.3 is 0 Å². The molecule has 0 fully saturated rings. The van der Waals surface area contributed by atoms with Crippen molar-refractivity contribution in [1.29, 1.82) is 0 Å². The van der Waals surface area contributed by atoms with Crippen molar-refractivity contribution < 1.29 is 4.84 Å². The molecule has 0 N–H and O–H groups in total. The monoisotopic (exact) mass is 212 g/mol. The van der Waals surface area contributed by atoms with Crippen LogP contribution in [0.25, 0.3) is 11.3 Å². The SMILES string of the molecule is CO/N=C/c1ccccc1-c1ccccn1. The molecule has 1 heterocycles. The molecule has 1 aromatic heterocycles. The van der Waals surface area contributed by atoms with Gasteiger partial charge in [-0.05, 0) is 12.1 Å². The summed E-state index contributed by atoms with van der Waals surface area (Å²) < 4.78 is 0. The van der Waals surface area contributed by atoms with E-state index in [1.165, 1.54) is 7.11 Å². The predicted molar refractivity (Wildman–Crippen MR) is 64.3 cm³/mol. The molecular formula is C13H12N2O. The fraction of sp³-hybridized carbons (Fsp3) is 0.0769. The quantitative estimate of drug-likeness (QED) is 0.579. The Balaban J connectivity index is 2.45. The van der Waals surface area contributed by atoms with Crippen LogP contribution < -0.4 is 0 Å². The van der Waals surface area contributed by atoms with Gasteiger partial charge in [-0.15, -0.1) is 0 Å². The lowest BCUT2D eigenvalue weighted by Gasteiger charge is -2.03. The maximum atomic E-state index is 4.69. The van der Waals surface area contributed by atoms with Crippen molar-refractivity contribution in [2.24, 2.45) is 5.16 Å². The van der Waals surface area contributed by atoms with E-state index in [2.05, 4.69) is 15.0 Å². The van der Waals surface area contributed by atoms with E-state index >= 15 is 0 Å². The number of hydrogen-bond donors (Lipinski definition) is 0. The summed E-state index contributed by atoms with van der Waals surface area (Å²) in [4.78, 5) is 9.00. The first-order valence-electron chi connectivity index (χ1n) is 4.99. The molecule has 80 valence electrons. The molecule has 16 heavy (non-hydrogen) atoms. The van der Waals surface area contributed by atoms with E-state index in [9.17, 15) is 0 Å². The average Bonchev–Trinajstić information content (AvgIpc) is 2.38. The molecule has 0 unspecified atom stereocenters. The standard InChI is InChI=1S/C13H12N2O/c1-16-15-10-11-6-2-3-7-12(11)13-8-4-5-9-14-13/h2-10H,1H3/b15-10+. The summed E-state index contributed by atoms with van der Waals surface area (Å²) in [6, 6.07) is 13.8. The van der Waals surface area contributed by atoms with Crippen LogP contribution in [0.4, 0.5) is 0 Å². The Morgan fingerprint density at radius 3 is 2.69 bits per heavy atom. The van der Waals surface area contributed by atoms with Gasteiger partial charge in [-0.1, -0.05) is 35.5 Å². The minimum absolute atomic E-state index is 0.931. The van der Waals surface area contributed by atoms with Crippen molar-refractivity contribution in [3.05, 3.63) is 54.2 Å². The summed E-state index contributed by atoms with van der Waals surface area (Å²) in [7, 11) is 1.53. The highest BCUT2D eigenvalue weighted by molar-refractivity contribution is 5.89. The first kappa shape index (κ1) is 10.4. The van der Waals surface area contributed by atoms with Crippen molar-refractivity contribution in [2.75, 3.05) is 7.11 Å². The Bertz CT molecular complexity index is 480. The number of hydrogen-bond acceptors (Lipinski definition) is 3. The minimum atomic E-state index is 0.931. The van der Waals surface area contributed by atoms with Gasteiger partial charge in [0, 0.05) is 17.3 Å². The molecule has 0 amide bonds. The van der Waals surface area contributed by atoms with E-state index in [1.54, 1.807) is 12.4 Å². The van der Waals surface area contributed by atoms with Gasteiger partial charge in [0.25, 0.3) is 0 Å².